The van der Waals surface area contributed by atoms with E-state index in [2.05, 4.69) is 53.4 Å². The second kappa shape index (κ2) is 23.1. The Morgan fingerprint density at radius 3 is 2.06 bits per heavy atom. The number of aryl methyl sites for hydroxylation is 1. The summed E-state index contributed by atoms with van der Waals surface area (Å²) in [6, 6.07) is 15.4. The minimum absolute atomic E-state index is 0. The third-order valence-corrected chi connectivity index (χ3v) is 3.92. The van der Waals surface area contributed by atoms with Gasteiger partial charge in [0.25, 0.3) is 0 Å². The number of carbonyl (C=O) groups excluding carboxylic acids is 1. The quantitative estimate of drug-likeness (QED) is 0.279. The van der Waals surface area contributed by atoms with Crippen molar-refractivity contribution in [3.8, 4) is 0 Å². The number of rotatable bonds is 6. The Hall–Kier alpha value is -1.70. The van der Waals surface area contributed by atoms with Crippen LogP contribution in [0.4, 0.5) is 10.1 Å². The molecule has 0 saturated carbocycles. The number of benzene rings is 2. The normalized spacial score (nSPS) is 11.1. The van der Waals surface area contributed by atoms with Gasteiger partial charge in [0.1, 0.15) is 0 Å². The largest absolute Gasteiger partial charge is 1.00 e. The molecule has 0 fully saturated rings. The van der Waals surface area contributed by atoms with Crippen molar-refractivity contribution in [3.63, 3.8) is 0 Å². The van der Waals surface area contributed by atoms with E-state index in [1.54, 1.807) is 18.3 Å². The molecular weight excluding hydrogens is 452 g/mol. The molecule has 0 spiro atoms. The van der Waals surface area contributed by atoms with Crippen LogP contribution >= 0.6 is 0 Å². The number of amidine groups is 1. The van der Waals surface area contributed by atoms with Gasteiger partial charge >= 0.3 is 51.4 Å². The number of alkyl halides is 1. The van der Waals surface area contributed by atoms with Crippen molar-refractivity contribution >= 4 is 29.1 Å². The maximum atomic E-state index is 10.7. The monoisotopic (exact) mass is 489 g/mol. The average molecular weight is 490 g/mol. The van der Waals surface area contributed by atoms with Crippen LogP contribution in [0.1, 0.15) is 51.3 Å². The number of halogens is 1. The van der Waals surface area contributed by atoms with Gasteiger partial charge in [-0.2, -0.15) is 17.7 Å². The fraction of sp³-hybridized carbons (Fsp3) is 0.250. The van der Waals surface area contributed by atoms with Crippen LogP contribution in [0.15, 0.2) is 77.0 Å². The van der Waals surface area contributed by atoms with Gasteiger partial charge in [-0.1, -0.05) is 61.9 Å². The number of hydrogen-bond acceptors (Lipinski definition) is 3. The molecule has 4 nitrogen and oxygen atoms in total. The van der Waals surface area contributed by atoms with Gasteiger partial charge in [0, 0.05) is 18.1 Å². The number of allylic oxidation sites excluding steroid dienone is 2. The topological polar surface area (TPSA) is 53.8 Å². The van der Waals surface area contributed by atoms with Crippen LogP contribution in [0, 0.1) is 21.3 Å². The molecule has 0 heterocycles. The van der Waals surface area contributed by atoms with Crippen molar-refractivity contribution in [3.05, 3.63) is 98.0 Å². The van der Waals surface area contributed by atoms with Gasteiger partial charge in [-0.15, -0.1) is 0 Å². The van der Waals surface area contributed by atoms with Crippen molar-refractivity contribution in [2.75, 3.05) is 12.0 Å². The Kier molecular flexibility index (Phi) is 25.0. The van der Waals surface area contributed by atoms with Gasteiger partial charge in [0.05, 0.1) is 12.0 Å². The van der Waals surface area contributed by atoms with Crippen LogP contribution in [0.25, 0.3) is 5.57 Å². The summed E-state index contributed by atoms with van der Waals surface area (Å²) in [6.07, 6.45) is 7.28. The summed E-state index contributed by atoms with van der Waals surface area (Å²) >= 11 is 0. The van der Waals surface area contributed by atoms with Crippen LogP contribution < -0.4 is 56.7 Å². The van der Waals surface area contributed by atoms with Crippen molar-refractivity contribution in [2.45, 2.75) is 41.5 Å². The van der Waals surface area contributed by atoms with Crippen molar-refractivity contribution in [1.82, 2.24) is 0 Å². The van der Waals surface area contributed by atoms with Crippen molar-refractivity contribution < 1.29 is 60.6 Å². The molecule has 0 saturated heterocycles. The predicted molar refractivity (Wildman–Crippen MR) is 144 cm³/mol. The van der Waals surface area contributed by atoms with E-state index in [9.17, 15) is 9.18 Å². The minimum Gasteiger partial charge on any atom is -0.376 e. The minimum atomic E-state index is -0.500. The van der Waals surface area contributed by atoms with Gasteiger partial charge in [0.2, 0.25) is 0 Å². The van der Waals surface area contributed by atoms with Gasteiger partial charge in [0.15, 0.2) is 5.84 Å². The third-order valence-electron chi connectivity index (χ3n) is 3.92. The van der Waals surface area contributed by atoms with Gasteiger partial charge in [-0.25, -0.2) is 4.99 Å². The second-order valence-corrected chi connectivity index (χ2v) is 6.35. The Morgan fingerprint density at radius 1 is 1.06 bits per heavy atom. The zero-order chi connectivity index (χ0) is 24.4. The summed E-state index contributed by atoms with van der Waals surface area (Å²) in [6.45, 7) is 14.2. The molecule has 1 N–H and O–H groups in total. The summed E-state index contributed by atoms with van der Waals surface area (Å²) in [5.41, 5.74) is 5.53. The number of hydrogen-bond donors (Lipinski definition) is 1. The average Bonchev–Trinajstić information content (AvgIpc) is 2.82. The fourth-order valence-corrected chi connectivity index (χ4v) is 2.27. The van der Waals surface area contributed by atoms with E-state index in [4.69, 9.17) is 0 Å². The van der Waals surface area contributed by atoms with Crippen LogP contribution in [0.5, 0.6) is 0 Å². The summed E-state index contributed by atoms with van der Waals surface area (Å²) in [5, 5.41) is 3.24. The number of anilines is 1. The van der Waals surface area contributed by atoms with Gasteiger partial charge in [-0.05, 0) is 45.5 Å². The molecule has 0 unspecified atom stereocenters. The molecule has 34 heavy (non-hydrogen) atoms. The maximum Gasteiger partial charge on any atom is 1.00 e. The molecule has 180 valence electrons. The van der Waals surface area contributed by atoms with Gasteiger partial charge < -0.3 is 24.5 Å². The van der Waals surface area contributed by atoms with Crippen LogP contribution in [0.2, 0.25) is 0 Å². The van der Waals surface area contributed by atoms with Crippen LogP contribution in [0.3, 0.4) is 0 Å². The molecule has 2 rings (SSSR count). The van der Waals surface area contributed by atoms with E-state index >= 15 is 0 Å². The standard InChI is InChI=1S/C23H24N3O.C2H4F.C2H6.CH3.K/c1-5-14-24-23(26-22-12-8-20(16-27)9-13-22)19(4)25-15-18(3)21-10-6-17(2)7-11-21;1-2-3;1-2;;/h5-15H,1-4H3,(H,24,26);1-2H2;1-2H3;1H3;/q2*-1;;-1;+1/b14-5-,18-15+,25-19?;;;;. The Morgan fingerprint density at radius 2 is 1.59 bits per heavy atom. The van der Waals surface area contributed by atoms with E-state index in [-0.39, 0.29) is 58.8 Å². The van der Waals surface area contributed by atoms with E-state index in [0.717, 1.165) is 22.5 Å². The maximum absolute atomic E-state index is 10.7. The predicted octanol–water partition coefficient (Wildman–Crippen LogP) is 4.59. The number of nitrogens with zero attached hydrogens (tertiary/aromatic N) is 2. The first kappa shape index (κ1) is 36.9. The zero-order valence-electron chi connectivity index (χ0n) is 21.9. The SMILES string of the molecule is C/C=C\N=C(Nc1ccc([C-]=O)cc1)C(C)=N/C=C(\C)c1ccc(C)cc1.CC.[CH2-]CF.[CH3-].[K+]. The second-order valence-electron chi connectivity index (χ2n) is 6.35. The van der Waals surface area contributed by atoms with Crippen molar-refractivity contribution in [2.24, 2.45) is 9.98 Å². The van der Waals surface area contributed by atoms with E-state index in [0.29, 0.717) is 11.4 Å². The van der Waals surface area contributed by atoms with E-state index in [1.165, 1.54) is 5.56 Å². The van der Waals surface area contributed by atoms with Crippen molar-refractivity contribution in [1.29, 1.82) is 0 Å². The molecule has 0 aliphatic carbocycles. The molecule has 0 aliphatic rings. The van der Waals surface area contributed by atoms with Crippen LogP contribution in [-0.4, -0.2) is 24.5 Å². The molecule has 6 heteroatoms. The summed E-state index contributed by atoms with van der Waals surface area (Å²) in [5.74, 6) is 0.642. The molecular formula is C28H37FKN3O-2. The first-order valence-electron chi connectivity index (χ1n) is 10.5. The summed E-state index contributed by atoms with van der Waals surface area (Å²) in [4.78, 5) is 19.7. The summed E-state index contributed by atoms with van der Waals surface area (Å²) in [7, 11) is 0. The molecule has 2 aromatic rings. The van der Waals surface area contributed by atoms with E-state index < -0.39 is 6.67 Å². The Balaban J connectivity index is -0.00000127. The fourth-order valence-electron chi connectivity index (χ4n) is 2.27. The first-order chi connectivity index (χ1) is 15.4. The smallest absolute Gasteiger partial charge is 0.376 e. The third kappa shape index (κ3) is 15.2. The molecule has 0 aromatic heterocycles. The molecule has 0 aliphatic heterocycles. The van der Waals surface area contributed by atoms with E-state index in [1.807, 2.05) is 65.3 Å². The zero-order valence-corrected chi connectivity index (χ0v) is 25.1. The Bertz CT molecular complexity index is 916. The Labute approximate surface area is 249 Å². The summed E-state index contributed by atoms with van der Waals surface area (Å²) < 4.78 is 10.2. The first-order valence-corrected chi connectivity index (χ1v) is 10.5. The van der Waals surface area contributed by atoms with Crippen LogP contribution in [-0.2, 0) is 4.79 Å². The molecule has 0 bridgehead atoms. The number of nitrogens with one attached hydrogen (secondary N) is 1. The molecule has 0 radical (unpaired) electrons. The van der Waals surface area contributed by atoms with Gasteiger partial charge in [-0.3, -0.25) is 9.38 Å². The molecule has 2 aromatic carbocycles. The molecule has 0 atom stereocenters. The molecule has 0 amide bonds. The number of aliphatic imine (C=N–C) groups is 2.